The molecule has 0 fully saturated rings. The van der Waals surface area contributed by atoms with Gasteiger partial charge in [-0.2, -0.15) is 0 Å². The molecule has 1 N–H and O–H groups in total. The highest BCUT2D eigenvalue weighted by Gasteiger charge is 2.17. The van der Waals surface area contributed by atoms with Crippen molar-refractivity contribution < 1.29 is 4.79 Å². The second-order valence-electron chi connectivity index (χ2n) is 7.22. The van der Waals surface area contributed by atoms with Crippen LogP contribution in [-0.2, 0) is 19.4 Å². The summed E-state index contributed by atoms with van der Waals surface area (Å²) in [6.07, 6.45) is 6.53. The van der Waals surface area contributed by atoms with Gasteiger partial charge in [-0.25, -0.2) is 4.68 Å². The first kappa shape index (κ1) is 17.5. The lowest BCUT2D eigenvalue weighted by atomic mass is 9.89. The highest BCUT2D eigenvalue weighted by molar-refractivity contribution is 5.92. The highest BCUT2D eigenvalue weighted by Crippen LogP contribution is 2.24. The number of carbonyl (C=O) groups is 1. The van der Waals surface area contributed by atoms with Crippen molar-refractivity contribution in [1.82, 2.24) is 20.3 Å². The maximum atomic E-state index is 12.6. The van der Waals surface area contributed by atoms with E-state index in [1.165, 1.54) is 30.4 Å². The summed E-state index contributed by atoms with van der Waals surface area (Å²) in [5.74, 6) is -0.195. The molecule has 1 heterocycles. The summed E-state index contributed by atoms with van der Waals surface area (Å²) in [5, 5.41) is 11.1. The number of aromatic nitrogens is 3. The zero-order valence-corrected chi connectivity index (χ0v) is 15.6. The molecule has 5 heteroatoms. The number of carbonyl (C=O) groups excluding carboxylic acids is 1. The molecule has 1 atom stereocenters. The van der Waals surface area contributed by atoms with Gasteiger partial charge in [0.1, 0.15) is 0 Å². The Balaban J connectivity index is 1.41. The maximum Gasteiger partial charge on any atom is 0.273 e. The molecule has 27 heavy (non-hydrogen) atoms. The molecule has 1 aliphatic carbocycles. The molecule has 0 radical (unpaired) electrons. The molecule has 0 aliphatic heterocycles. The standard InChI is InChI=1S/C22H24N4O/c1-16(19-12-11-18-9-5-6-10-20(18)13-19)23-22(27)21-15-26(25-24-21)14-17-7-3-2-4-8-17/h2-4,7-8,11-13,15-16H,5-6,9-10,14H2,1H3,(H,23,27)/t16-/m1/s1. The Hall–Kier alpha value is -2.95. The van der Waals surface area contributed by atoms with Crippen LogP contribution in [-0.4, -0.2) is 20.9 Å². The monoisotopic (exact) mass is 360 g/mol. The summed E-state index contributed by atoms with van der Waals surface area (Å²) in [7, 11) is 0. The van der Waals surface area contributed by atoms with Crippen molar-refractivity contribution in [1.29, 1.82) is 0 Å². The first-order chi connectivity index (χ1) is 13.2. The number of hydrogen-bond donors (Lipinski definition) is 1. The summed E-state index contributed by atoms with van der Waals surface area (Å²) < 4.78 is 1.69. The largest absolute Gasteiger partial charge is 0.344 e. The Morgan fingerprint density at radius 3 is 2.70 bits per heavy atom. The van der Waals surface area contributed by atoms with Gasteiger partial charge in [0.05, 0.1) is 18.8 Å². The molecule has 2 aromatic carbocycles. The van der Waals surface area contributed by atoms with Gasteiger partial charge in [-0.1, -0.05) is 53.7 Å². The van der Waals surface area contributed by atoms with Crippen molar-refractivity contribution in [3.63, 3.8) is 0 Å². The molecule has 1 aromatic heterocycles. The van der Waals surface area contributed by atoms with Gasteiger partial charge >= 0.3 is 0 Å². The minimum Gasteiger partial charge on any atom is -0.344 e. The van der Waals surface area contributed by atoms with Crippen LogP contribution in [0.5, 0.6) is 0 Å². The van der Waals surface area contributed by atoms with E-state index in [9.17, 15) is 4.79 Å². The lowest BCUT2D eigenvalue weighted by molar-refractivity contribution is 0.0934. The number of aryl methyl sites for hydroxylation is 2. The maximum absolute atomic E-state index is 12.6. The molecular weight excluding hydrogens is 336 g/mol. The summed E-state index contributed by atoms with van der Waals surface area (Å²) in [4.78, 5) is 12.6. The molecule has 1 amide bonds. The average molecular weight is 360 g/mol. The van der Waals surface area contributed by atoms with Crippen LogP contribution in [0.15, 0.2) is 54.7 Å². The fraction of sp³-hybridized carbons (Fsp3) is 0.318. The molecule has 0 saturated heterocycles. The summed E-state index contributed by atoms with van der Waals surface area (Å²) in [5.41, 5.74) is 5.48. The fourth-order valence-electron chi connectivity index (χ4n) is 3.63. The lowest BCUT2D eigenvalue weighted by Crippen LogP contribution is -2.27. The Bertz CT molecular complexity index is 932. The number of nitrogens with zero attached hydrogens (tertiary/aromatic N) is 3. The van der Waals surface area contributed by atoms with Crippen LogP contribution >= 0.6 is 0 Å². The average Bonchev–Trinajstić information content (AvgIpc) is 3.17. The van der Waals surface area contributed by atoms with Crippen LogP contribution in [0, 0.1) is 0 Å². The highest BCUT2D eigenvalue weighted by atomic mass is 16.2. The molecule has 0 bridgehead atoms. The number of amides is 1. The van der Waals surface area contributed by atoms with Crippen LogP contribution in [0.25, 0.3) is 0 Å². The number of hydrogen-bond acceptors (Lipinski definition) is 3. The van der Waals surface area contributed by atoms with E-state index in [4.69, 9.17) is 0 Å². The molecule has 0 saturated carbocycles. The summed E-state index contributed by atoms with van der Waals surface area (Å²) in [6.45, 7) is 2.61. The molecule has 138 valence electrons. The molecule has 1 aliphatic rings. The van der Waals surface area contributed by atoms with E-state index in [1.807, 2.05) is 37.3 Å². The Morgan fingerprint density at radius 2 is 1.89 bits per heavy atom. The molecule has 0 unspecified atom stereocenters. The Labute approximate surface area is 159 Å². The second kappa shape index (κ2) is 7.74. The van der Waals surface area contributed by atoms with Crippen molar-refractivity contribution in [2.45, 2.75) is 45.2 Å². The van der Waals surface area contributed by atoms with E-state index in [1.54, 1.807) is 10.9 Å². The molecular formula is C22H24N4O. The SMILES string of the molecule is C[C@@H](NC(=O)c1cn(Cc2ccccc2)nn1)c1ccc2c(c1)CCCC2. The zero-order valence-electron chi connectivity index (χ0n) is 15.6. The topological polar surface area (TPSA) is 59.8 Å². The van der Waals surface area contributed by atoms with E-state index < -0.39 is 0 Å². The minimum absolute atomic E-state index is 0.0657. The number of fused-ring (bicyclic) bond motifs is 1. The van der Waals surface area contributed by atoms with E-state index in [0.717, 1.165) is 17.5 Å². The van der Waals surface area contributed by atoms with Gasteiger partial charge in [-0.15, -0.1) is 5.10 Å². The van der Waals surface area contributed by atoms with Crippen LogP contribution < -0.4 is 5.32 Å². The van der Waals surface area contributed by atoms with E-state index in [-0.39, 0.29) is 11.9 Å². The normalized spacial score (nSPS) is 14.4. The van der Waals surface area contributed by atoms with Gasteiger partial charge in [0.15, 0.2) is 5.69 Å². The Kier molecular flexibility index (Phi) is 5.01. The third-order valence-corrected chi connectivity index (χ3v) is 5.18. The van der Waals surface area contributed by atoms with Gasteiger partial charge in [-0.05, 0) is 54.9 Å². The predicted octanol–water partition coefficient (Wildman–Crippen LogP) is 3.70. The third-order valence-electron chi connectivity index (χ3n) is 5.18. The van der Waals surface area contributed by atoms with Crippen molar-refractivity contribution >= 4 is 5.91 Å². The van der Waals surface area contributed by atoms with Gasteiger partial charge in [0, 0.05) is 0 Å². The lowest BCUT2D eigenvalue weighted by Gasteiger charge is -2.19. The molecule has 0 spiro atoms. The number of nitrogens with one attached hydrogen (secondary N) is 1. The predicted molar refractivity (Wildman–Crippen MR) is 105 cm³/mol. The molecule has 5 nitrogen and oxygen atoms in total. The third kappa shape index (κ3) is 4.08. The summed E-state index contributed by atoms with van der Waals surface area (Å²) in [6, 6.07) is 16.5. The van der Waals surface area contributed by atoms with Gasteiger partial charge in [-0.3, -0.25) is 4.79 Å². The van der Waals surface area contributed by atoms with Crippen LogP contribution in [0.3, 0.4) is 0 Å². The van der Waals surface area contributed by atoms with Crippen LogP contribution in [0.4, 0.5) is 0 Å². The van der Waals surface area contributed by atoms with Crippen molar-refractivity contribution in [2.24, 2.45) is 0 Å². The minimum atomic E-state index is -0.195. The zero-order chi connectivity index (χ0) is 18.6. The molecule has 3 aromatic rings. The van der Waals surface area contributed by atoms with Crippen molar-refractivity contribution in [2.75, 3.05) is 0 Å². The van der Waals surface area contributed by atoms with Gasteiger partial charge in [0.25, 0.3) is 5.91 Å². The number of rotatable bonds is 5. The first-order valence-corrected chi connectivity index (χ1v) is 9.55. The van der Waals surface area contributed by atoms with Gasteiger partial charge < -0.3 is 5.32 Å². The van der Waals surface area contributed by atoms with E-state index >= 15 is 0 Å². The van der Waals surface area contributed by atoms with Crippen molar-refractivity contribution in [3.05, 3.63) is 82.7 Å². The fourth-order valence-corrected chi connectivity index (χ4v) is 3.63. The molecule has 4 rings (SSSR count). The first-order valence-electron chi connectivity index (χ1n) is 9.55. The van der Waals surface area contributed by atoms with Crippen molar-refractivity contribution in [3.8, 4) is 0 Å². The van der Waals surface area contributed by atoms with E-state index in [0.29, 0.717) is 12.2 Å². The quantitative estimate of drug-likeness (QED) is 0.755. The number of benzene rings is 2. The Morgan fingerprint density at radius 1 is 1.11 bits per heavy atom. The smallest absolute Gasteiger partial charge is 0.273 e. The van der Waals surface area contributed by atoms with Gasteiger partial charge in [0.2, 0.25) is 0 Å². The van der Waals surface area contributed by atoms with Crippen LogP contribution in [0.1, 0.15) is 58.5 Å². The second-order valence-corrected chi connectivity index (χ2v) is 7.22. The van der Waals surface area contributed by atoms with Crippen LogP contribution in [0.2, 0.25) is 0 Å². The summed E-state index contributed by atoms with van der Waals surface area (Å²) >= 11 is 0. The van der Waals surface area contributed by atoms with E-state index in [2.05, 4.69) is 33.8 Å².